The zero-order valence-corrected chi connectivity index (χ0v) is 67.5. The molecule has 10 aromatic rings. The molecule has 10 heterocycles. The van der Waals surface area contributed by atoms with E-state index < -0.39 is 48.5 Å². The van der Waals surface area contributed by atoms with Crippen LogP contribution in [0.5, 0.6) is 0 Å². The summed E-state index contributed by atoms with van der Waals surface area (Å²) < 4.78 is 19.1. The number of rotatable bonds is 22. The molecule has 8 atom stereocenters. The van der Waals surface area contributed by atoms with Crippen LogP contribution < -0.4 is 21.3 Å². The van der Waals surface area contributed by atoms with E-state index in [2.05, 4.69) is 102 Å². The molecular weight excluding hydrogens is 1480 g/mol. The van der Waals surface area contributed by atoms with Crippen molar-refractivity contribution in [2.45, 2.75) is 155 Å². The van der Waals surface area contributed by atoms with E-state index in [0.717, 1.165) is 140 Å². The Bertz CT molecular complexity index is 4890. The van der Waals surface area contributed by atoms with Gasteiger partial charge in [-0.3, -0.25) is 29.1 Å². The first kappa shape index (κ1) is 81.5. The number of imidazole rings is 4. The Balaban J connectivity index is 0.000000202. The molecule has 0 bridgehead atoms. The van der Waals surface area contributed by atoms with Crippen molar-refractivity contribution >= 4 is 69.8 Å². The van der Waals surface area contributed by atoms with Crippen molar-refractivity contribution in [3.8, 4) is 67.3 Å². The quantitative estimate of drug-likeness (QED) is 0.0292. The zero-order chi connectivity index (χ0) is 82.2. The van der Waals surface area contributed by atoms with E-state index in [0.29, 0.717) is 49.5 Å². The number of likely N-dealkylation sites (tertiary alicyclic amines) is 4. The third-order valence-electron chi connectivity index (χ3n) is 22.5. The molecule has 8 N–H and O–H groups in total. The van der Waals surface area contributed by atoms with Gasteiger partial charge in [-0.25, -0.2) is 39.1 Å². The van der Waals surface area contributed by atoms with Gasteiger partial charge in [0.25, 0.3) is 0 Å². The molecule has 8 amide bonds. The van der Waals surface area contributed by atoms with E-state index in [4.69, 9.17) is 48.9 Å². The lowest BCUT2D eigenvalue weighted by molar-refractivity contribution is -0.136. The number of aromatic amines is 4. The highest BCUT2D eigenvalue weighted by atomic mass is 16.5. The van der Waals surface area contributed by atoms with Gasteiger partial charge in [-0.05, 0) is 121 Å². The average Bonchev–Trinajstić information content (AvgIpc) is 1.54. The number of nitrogens with zero attached hydrogens (tertiary/aromatic N) is 10. The molecule has 4 aromatic carbocycles. The normalized spacial score (nSPS) is 17.8. The molecule has 30 heteroatoms. The number of fused-ring (bicyclic) bond motifs is 2. The maximum atomic E-state index is 13.7. The summed E-state index contributed by atoms with van der Waals surface area (Å²) in [6.07, 6.45) is 14.6. The molecule has 0 aliphatic carbocycles. The molecule has 0 unspecified atom stereocenters. The van der Waals surface area contributed by atoms with Gasteiger partial charge in [0.1, 0.15) is 47.5 Å². The zero-order valence-electron chi connectivity index (χ0n) is 67.5. The number of methoxy groups -OCH3 is 4. The van der Waals surface area contributed by atoms with Gasteiger partial charge in [-0.15, -0.1) is 0 Å². The molecule has 14 rings (SSSR count). The van der Waals surface area contributed by atoms with Crippen molar-refractivity contribution in [1.82, 2.24) is 90.7 Å². The number of ether oxygens (including phenoxy) is 4. The molecule has 0 radical (unpaired) electrons. The third kappa shape index (κ3) is 17.3. The summed E-state index contributed by atoms with van der Waals surface area (Å²) in [5, 5.41) is 12.7. The van der Waals surface area contributed by atoms with E-state index in [9.17, 15) is 38.4 Å². The summed E-state index contributed by atoms with van der Waals surface area (Å²) >= 11 is 0. The Hall–Kier alpha value is -12.5. The van der Waals surface area contributed by atoms with Crippen LogP contribution in [0.3, 0.4) is 0 Å². The minimum atomic E-state index is -0.712. The van der Waals surface area contributed by atoms with Crippen LogP contribution in [0.4, 0.5) is 19.2 Å². The lowest BCUT2D eigenvalue weighted by Gasteiger charge is -2.30. The van der Waals surface area contributed by atoms with Crippen molar-refractivity contribution < 1.29 is 57.3 Å². The fraction of sp³-hybridized carbons (Fsp3) is 0.419. The van der Waals surface area contributed by atoms with E-state index in [1.165, 1.54) is 28.4 Å². The first-order valence-corrected chi connectivity index (χ1v) is 39.7. The van der Waals surface area contributed by atoms with E-state index in [-0.39, 0.29) is 71.5 Å². The Morgan fingerprint density at radius 2 is 0.603 bits per heavy atom. The summed E-state index contributed by atoms with van der Waals surface area (Å²) in [6.45, 7) is 17.5. The van der Waals surface area contributed by atoms with E-state index >= 15 is 0 Å². The van der Waals surface area contributed by atoms with E-state index in [1.807, 2.05) is 91.8 Å². The Morgan fingerprint density at radius 1 is 0.336 bits per heavy atom. The van der Waals surface area contributed by atoms with Crippen LogP contribution >= 0.6 is 0 Å². The Kier molecular flexibility index (Phi) is 25.2. The van der Waals surface area contributed by atoms with Crippen LogP contribution in [-0.2, 0) is 38.1 Å². The number of alkyl carbamates (subject to hydrolysis) is 4. The van der Waals surface area contributed by atoms with Crippen LogP contribution in [0, 0.1) is 23.7 Å². The summed E-state index contributed by atoms with van der Waals surface area (Å²) in [5.74, 6) is 1.72. The highest BCUT2D eigenvalue weighted by molar-refractivity contribution is 6.04. The first-order valence-electron chi connectivity index (χ1n) is 39.7. The first-order chi connectivity index (χ1) is 56.0. The number of carbonyl (C=O) groups is 8. The highest BCUT2D eigenvalue weighted by Gasteiger charge is 2.42. The monoisotopic (exact) mass is 1580 g/mol. The number of hydrogen-bond acceptors (Lipinski definition) is 18. The van der Waals surface area contributed by atoms with Gasteiger partial charge in [0.2, 0.25) is 23.6 Å². The Morgan fingerprint density at radius 3 is 0.940 bits per heavy atom. The molecule has 4 fully saturated rings. The van der Waals surface area contributed by atoms with Crippen molar-refractivity contribution in [2.24, 2.45) is 23.7 Å². The fourth-order valence-electron chi connectivity index (χ4n) is 16.3. The van der Waals surface area contributed by atoms with Crippen molar-refractivity contribution in [3.05, 3.63) is 158 Å². The van der Waals surface area contributed by atoms with Gasteiger partial charge < -0.3 is 79.8 Å². The van der Waals surface area contributed by atoms with Gasteiger partial charge in [-0.1, -0.05) is 134 Å². The standard InChI is InChI=1S/2C43H51N9O6/c1-24(2)35(49-42(55)57-5)40(53)51-20-8-11-33(51)38-45-22-31(47-38)27-15-13-26(14-16-27)28-17-18-29(30-10-7-19-44-37(28)30)32-23-46-39(48-32)34-12-9-21-52(34)41(54)36(25(3)4)50-43(56)58-6;1-24(2)35(49-42(55)57-5)40(53)51-20-8-11-33(51)38-45-22-31(47-38)27-15-13-26(14-16-27)28-17-18-30(37-29(28)10-7-19-44-37)32-23-46-39(48-32)34-12-9-21-52(34)41(54)36(25(3)4)50-43(56)58-6/h2*7,10,13-19,22-25,33-36H,8-9,11-12,20-21H2,1-6H3,(H,45,47)(H,46,48)(H,49,55)(H,50,56)/t2*33-,34-,35-,36-/m00/s1. The second kappa shape index (κ2) is 35.9. The van der Waals surface area contributed by atoms with Crippen LogP contribution in [0.15, 0.2) is 134 Å². The minimum absolute atomic E-state index is 0.115. The van der Waals surface area contributed by atoms with Crippen LogP contribution in [-0.4, -0.2) is 196 Å². The molecule has 6 aromatic heterocycles. The number of hydrogen-bond donors (Lipinski definition) is 8. The van der Waals surface area contributed by atoms with Crippen LogP contribution in [0.1, 0.15) is 154 Å². The summed E-state index contributed by atoms with van der Waals surface area (Å²) in [7, 11) is 5.15. The number of H-pyrrole nitrogens is 4. The number of benzene rings is 4. The fourth-order valence-corrected chi connectivity index (χ4v) is 16.3. The summed E-state index contributed by atoms with van der Waals surface area (Å²) in [5.41, 5.74) is 12.7. The summed E-state index contributed by atoms with van der Waals surface area (Å²) in [4.78, 5) is 152. The molecule has 30 nitrogen and oxygen atoms in total. The number of nitrogens with one attached hydrogen (secondary N) is 8. The number of aromatic nitrogens is 10. The second-order valence-corrected chi connectivity index (χ2v) is 31.2. The predicted molar refractivity (Wildman–Crippen MR) is 436 cm³/mol. The summed E-state index contributed by atoms with van der Waals surface area (Å²) in [6, 6.07) is 28.9. The lowest BCUT2D eigenvalue weighted by atomic mass is 9.96. The highest BCUT2D eigenvalue weighted by Crippen LogP contribution is 2.42. The molecule has 4 saturated heterocycles. The van der Waals surface area contributed by atoms with Crippen molar-refractivity contribution in [1.29, 1.82) is 0 Å². The molecule has 608 valence electrons. The Labute approximate surface area is 672 Å². The van der Waals surface area contributed by atoms with Crippen molar-refractivity contribution in [3.63, 3.8) is 0 Å². The second-order valence-electron chi connectivity index (χ2n) is 31.2. The smallest absolute Gasteiger partial charge is 0.407 e. The topological polar surface area (TPSA) is 375 Å². The molecule has 4 aliphatic rings. The molecule has 4 aliphatic heterocycles. The van der Waals surface area contributed by atoms with Crippen LogP contribution in [0.2, 0.25) is 0 Å². The molecular formula is C86H102N18O12. The average molecular weight is 1580 g/mol. The minimum Gasteiger partial charge on any atom is -0.453 e. The van der Waals surface area contributed by atoms with Gasteiger partial charge in [0, 0.05) is 66.0 Å². The number of pyridine rings is 2. The molecule has 116 heavy (non-hydrogen) atoms. The third-order valence-corrected chi connectivity index (χ3v) is 22.5. The number of carbonyl (C=O) groups excluding carboxylic acids is 8. The van der Waals surface area contributed by atoms with Gasteiger partial charge in [0.15, 0.2) is 0 Å². The number of amides is 8. The van der Waals surface area contributed by atoms with Crippen molar-refractivity contribution in [2.75, 3.05) is 54.6 Å². The van der Waals surface area contributed by atoms with E-state index in [1.54, 1.807) is 56.8 Å². The largest absolute Gasteiger partial charge is 0.453 e. The van der Waals surface area contributed by atoms with Gasteiger partial charge in [0.05, 0.1) is 111 Å². The van der Waals surface area contributed by atoms with Crippen LogP contribution in [0.25, 0.3) is 89.1 Å². The SMILES string of the molecule is COC(=O)N[C@H](C(=O)N1CCC[C@H]1c1ncc(-c2ccc(-c3ccc(-c4cnc([C@@H]5CCCN5C(=O)[C@@H](NC(=O)OC)C(C)C)[nH]4)c4cccnc34)cc2)[nH]1)C(C)C.COC(=O)N[C@H](C(=O)N1CCC[C@H]1c1ncc(-c2ccc(-c3ccc(-c4cnc([C@@H]5CCCN5C(=O)[C@@H](NC(=O)OC)C(C)C)[nH]4)c4ncccc34)cc2)[nH]1)C(C)C. The lowest BCUT2D eigenvalue weighted by Crippen LogP contribution is -2.51. The molecule has 0 saturated carbocycles. The predicted octanol–water partition coefficient (Wildman–Crippen LogP) is 13.5. The van der Waals surface area contributed by atoms with Gasteiger partial charge >= 0.3 is 24.4 Å². The maximum absolute atomic E-state index is 13.7. The maximum Gasteiger partial charge on any atom is 0.407 e. The van der Waals surface area contributed by atoms with Gasteiger partial charge in [-0.2, -0.15) is 0 Å². The molecule has 0 spiro atoms.